The molecule has 2 atom stereocenters. The van der Waals surface area contributed by atoms with Crippen molar-refractivity contribution in [3.63, 3.8) is 0 Å². The highest BCUT2D eigenvalue weighted by Gasteiger charge is 2.36. The van der Waals surface area contributed by atoms with Gasteiger partial charge in [0.05, 0.1) is 18.0 Å². The number of hydrogen-bond donors (Lipinski definition) is 0. The van der Waals surface area contributed by atoms with Crippen molar-refractivity contribution in [2.24, 2.45) is 0 Å². The van der Waals surface area contributed by atoms with Crippen molar-refractivity contribution in [2.75, 3.05) is 13.7 Å². The van der Waals surface area contributed by atoms with Crippen LogP contribution in [0.1, 0.15) is 24.9 Å². The first-order valence-corrected chi connectivity index (χ1v) is 8.10. The third kappa shape index (κ3) is 2.67. The zero-order valence-electron chi connectivity index (χ0n) is 11.2. The summed E-state index contributed by atoms with van der Waals surface area (Å²) in [7, 11) is -1.99. The average Bonchev–Trinajstić information content (AvgIpc) is 2.94. The summed E-state index contributed by atoms with van der Waals surface area (Å²) in [5, 5.41) is 0. The number of hydrogen-bond acceptors (Lipinski definition) is 4. The monoisotopic (exact) mass is 307 g/mol. The number of rotatable bonds is 4. The average molecular weight is 308 g/mol. The van der Waals surface area contributed by atoms with Crippen LogP contribution in [0.5, 0.6) is 0 Å². The summed E-state index contributed by atoms with van der Waals surface area (Å²) < 4.78 is 37.3. The maximum atomic E-state index is 12.6. The maximum Gasteiger partial charge on any atom is 0.246 e. The minimum absolute atomic E-state index is 0.0977. The van der Waals surface area contributed by atoms with Crippen molar-refractivity contribution in [2.45, 2.75) is 43.2 Å². The standard InChI is InChI=1S/C12H18ClNO4S/c1-8-11(4-5-17-8)14(3)19(15,16)12-6-10(7-13)18-9(12)2/h6,8,11H,4-5,7H2,1-3H3. The number of aryl methyl sites for hydroxylation is 1. The summed E-state index contributed by atoms with van der Waals surface area (Å²) in [5.74, 6) is 0.985. The second-order valence-electron chi connectivity index (χ2n) is 4.72. The third-order valence-electron chi connectivity index (χ3n) is 3.52. The van der Waals surface area contributed by atoms with Gasteiger partial charge in [0.1, 0.15) is 16.4 Å². The van der Waals surface area contributed by atoms with Gasteiger partial charge in [-0.15, -0.1) is 11.6 Å². The van der Waals surface area contributed by atoms with Crippen molar-refractivity contribution >= 4 is 21.6 Å². The van der Waals surface area contributed by atoms with E-state index in [9.17, 15) is 8.42 Å². The first kappa shape index (κ1) is 14.8. The lowest BCUT2D eigenvalue weighted by atomic mass is 10.2. The van der Waals surface area contributed by atoms with Crippen LogP contribution >= 0.6 is 11.6 Å². The van der Waals surface area contributed by atoms with E-state index in [-0.39, 0.29) is 22.9 Å². The number of furan rings is 1. The molecule has 2 rings (SSSR count). The molecular formula is C12H18ClNO4S. The second kappa shape index (κ2) is 5.44. The molecule has 0 aliphatic carbocycles. The fraction of sp³-hybridized carbons (Fsp3) is 0.667. The smallest absolute Gasteiger partial charge is 0.246 e. The molecule has 2 unspecified atom stereocenters. The SMILES string of the molecule is Cc1oc(CCl)cc1S(=O)(=O)N(C)C1CCOC1C. The van der Waals surface area contributed by atoms with E-state index >= 15 is 0 Å². The van der Waals surface area contributed by atoms with Crippen molar-refractivity contribution < 1.29 is 17.6 Å². The van der Waals surface area contributed by atoms with Gasteiger partial charge in [-0.2, -0.15) is 4.31 Å². The highest BCUT2D eigenvalue weighted by Crippen LogP contribution is 2.28. The molecule has 1 fully saturated rings. The molecule has 108 valence electrons. The lowest BCUT2D eigenvalue weighted by Crippen LogP contribution is -2.41. The molecule has 0 N–H and O–H groups in total. The fourth-order valence-corrected chi connectivity index (χ4v) is 4.14. The van der Waals surface area contributed by atoms with Crippen LogP contribution in [0, 0.1) is 6.92 Å². The number of nitrogens with zero attached hydrogens (tertiary/aromatic N) is 1. The van der Waals surface area contributed by atoms with Crippen LogP contribution in [0.2, 0.25) is 0 Å². The van der Waals surface area contributed by atoms with Crippen molar-refractivity contribution in [1.29, 1.82) is 0 Å². The quantitative estimate of drug-likeness (QED) is 0.800. The first-order chi connectivity index (χ1) is 8.87. The Hall–Kier alpha value is -0.560. The minimum Gasteiger partial charge on any atom is -0.464 e. The predicted molar refractivity (Wildman–Crippen MR) is 71.8 cm³/mol. The summed E-state index contributed by atoms with van der Waals surface area (Å²) in [6.45, 7) is 4.10. The van der Waals surface area contributed by atoms with Gasteiger partial charge in [-0.05, 0) is 20.3 Å². The molecule has 1 aliphatic heterocycles. The van der Waals surface area contributed by atoms with Gasteiger partial charge in [0.2, 0.25) is 10.0 Å². The molecule has 0 saturated carbocycles. The Labute approximate surface area is 118 Å². The third-order valence-corrected chi connectivity index (χ3v) is 5.77. The number of ether oxygens (including phenoxy) is 1. The highest BCUT2D eigenvalue weighted by atomic mass is 35.5. The van der Waals surface area contributed by atoms with E-state index in [1.807, 2.05) is 6.92 Å². The van der Waals surface area contributed by atoms with Gasteiger partial charge in [0.15, 0.2) is 0 Å². The van der Waals surface area contributed by atoms with E-state index < -0.39 is 10.0 Å². The lowest BCUT2D eigenvalue weighted by molar-refractivity contribution is 0.102. The van der Waals surface area contributed by atoms with Crippen molar-refractivity contribution in [1.82, 2.24) is 4.31 Å². The predicted octanol–water partition coefficient (Wildman–Crippen LogP) is 2.12. The molecule has 0 radical (unpaired) electrons. The number of likely N-dealkylation sites (N-methyl/N-ethyl adjacent to an activating group) is 1. The number of sulfonamides is 1. The molecule has 5 nitrogen and oxygen atoms in total. The molecule has 0 aromatic carbocycles. The molecule has 1 aromatic heterocycles. The summed E-state index contributed by atoms with van der Waals surface area (Å²) in [6.07, 6.45) is 0.607. The molecule has 0 amide bonds. The van der Waals surface area contributed by atoms with Gasteiger partial charge in [0.25, 0.3) is 0 Å². The molecule has 1 saturated heterocycles. The molecular weight excluding hydrogens is 290 g/mol. The van der Waals surface area contributed by atoms with Crippen LogP contribution in [-0.2, 0) is 20.6 Å². The zero-order valence-corrected chi connectivity index (χ0v) is 12.8. The Morgan fingerprint density at radius 3 is 2.68 bits per heavy atom. The Morgan fingerprint density at radius 2 is 2.21 bits per heavy atom. The van der Waals surface area contributed by atoms with Crippen LogP contribution in [0.3, 0.4) is 0 Å². The van der Waals surface area contributed by atoms with Gasteiger partial charge < -0.3 is 9.15 Å². The normalized spacial score (nSPS) is 24.3. The van der Waals surface area contributed by atoms with E-state index in [0.29, 0.717) is 24.5 Å². The molecule has 0 bridgehead atoms. The first-order valence-electron chi connectivity index (χ1n) is 6.13. The van der Waals surface area contributed by atoms with E-state index in [4.69, 9.17) is 20.8 Å². The van der Waals surface area contributed by atoms with Gasteiger partial charge in [0, 0.05) is 19.7 Å². The topological polar surface area (TPSA) is 59.8 Å². The van der Waals surface area contributed by atoms with Crippen LogP contribution in [-0.4, -0.2) is 38.5 Å². The minimum atomic E-state index is -3.57. The van der Waals surface area contributed by atoms with Crippen LogP contribution in [0.25, 0.3) is 0 Å². The Bertz CT molecular complexity index is 554. The van der Waals surface area contributed by atoms with Gasteiger partial charge in [-0.25, -0.2) is 8.42 Å². The zero-order chi connectivity index (χ0) is 14.2. The Morgan fingerprint density at radius 1 is 1.53 bits per heavy atom. The molecule has 0 spiro atoms. The van der Waals surface area contributed by atoms with E-state index in [0.717, 1.165) is 0 Å². The lowest BCUT2D eigenvalue weighted by Gasteiger charge is -2.25. The van der Waals surface area contributed by atoms with Crippen molar-refractivity contribution in [3.8, 4) is 0 Å². The summed E-state index contributed by atoms with van der Waals surface area (Å²) in [4.78, 5) is 0.185. The van der Waals surface area contributed by atoms with E-state index in [2.05, 4.69) is 0 Å². The largest absolute Gasteiger partial charge is 0.464 e. The van der Waals surface area contributed by atoms with Crippen LogP contribution in [0.15, 0.2) is 15.4 Å². The number of alkyl halides is 1. The molecule has 7 heteroatoms. The Kier molecular flexibility index (Phi) is 4.25. The van der Waals surface area contributed by atoms with Crippen LogP contribution < -0.4 is 0 Å². The molecule has 19 heavy (non-hydrogen) atoms. The molecule has 2 heterocycles. The van der Waals surface area contributed by atoms with Crippen LogP contribution in [0.4, 0.5) is 0 Å². The maximum absolute atomic E-state index is 12.6. The fourth-order valence-electron chi connectivity index (χ4n) is 2.38. The van der Waals surface area contributed by atoms with Crippen molar-refractivity contribution in [3.05, 3.63) is 17.6 Å². The number of halogens is 1. The second-order valence-corrected chi connectivity index (χ2v) is 6.95. The van der Waals surface area contributed by atoms with Gasteiger partial charge >= 0.3 is 0 Å². The van der Waals surface area contributed by atoms with Gasteiger partial charge in [-0.3, -0.25) is 0 Å². The Balaban J connectivity index is 2.33. The van der Waals surface area contributed by atoms with Gasteiger partial charge in [-0.1, -0.05) is 0 Å². The van der Waals surface area contributed by atoms with E-state index in [1.54, 1.807) is 14.0 Å². The summed E-state index contributed by atoms with van der Waals surface area (Å²) in [6, 6.07) is 1.35. The summed E-state index contributed by atoms with van der Waals surface area (Å²) >= 11 is 5.67. The molecule has 1 aliphatic rings. The van der Waals surface area contributed by atoms with E-state index in [1.165, 1.54) is 10.4 Å². The molecule has 1 aromatic rings. The summed E-state index contributed by atoms with van der Waals surface area (Å²) in [5.41, 5.74) is 0. The highest BCUT2D eigenvalue weighted by molar-refractivity contribution is 7.89.